The Morgan fingerprint density at radius 1 is 1.12 bits per heavy atom. The van der Waals surface area contributed by atoms with Crippen molar-refractivity contribution in [2.24, 2.45) is 5.92 Å². The Kier molecular flexibility index (Phi) is 6.37. The normalized spacial score (nSPS) is 21.1. The van der Waals surface area contributed by atoms with Crippen molar-refractivity contribution in [3.63, 3.8) is 0 Å². The van der Waals surface area contributed by atoms with Crippen molar-refractivity contribution in [1.29, 1.82) is 0 Å². The van der Waals surface area contributed by atoms with Crippen LogP contribution in [0.2, 0.25) is 0 Å². The number of piperazine rings is 1. The fourth-order valence-corrected chi connectivity index (χ4v) is 5.47. The fraction of sp³-hybridized carbons (Fsp3) is 0.611. The smallest absolute Gasteiger partial charge is 0.243 e. The van der Waals surface area contributed by atoms with Gasteiger partial charge in [-0.25, -0.2) is 8.42 Å². The number of hydrogen-bond donors (Lipinski definition) is 0. The minimum Gasteiger partial charge on any atom is -0.342 e. The van der Waals surface area contributed by atoms with Gasteiger partial charge in [0, 0.05) is 43.7 Å². The first-order chi connectivity index (χ1) is 12.4. The molecule has 1 aromatic carbocycles. The van der Waals surface area contributed by atoms with Gasteiger partial charge in [0.05, 0.1) is 11.4 Å². The van der Waals surface area contributed by atoms with Gasteiger partial charge in [-0.2, -0.15) is 4.31 Å². The predicted molar refractivity (Wildman–Crippen MR) is 104 cm³/mol. The number of halogens is 1. The van der Waals surface area contributed by atoms with Gasteiger partial charge in [-0.15, -0.1) is 0 Å². The first-order valence-corrected chi connectivity index (χ1v) is 11.4. The van der Waals surface area contributed by atoms with Gasteiger partial charge in [0.15, 0.2) is 0 Å². The van der Waals surface area contributed by atoms with Crippen LogP contribution in [-0.4, -0.2) is 74.2 Å². The molecule has 2 fully saturated rings. The van der Waals surface area contributed by atoms with E-state index in [1.807, 2.05) is 11.0 Å². The number of hydrogen-bond acceptors (Lipinski definition) is 4. The lowest BCUT2D eigenvalue weighted by atomic mass is 9.99. The first-order valence-electron chi connectivity index (χ1n) is 9.12. The van der Waals surface area contributed by atoms with Crippen LogP contribution in [0.3, 0.4) is 0 Å². The molecule has 2 heterocycles. The molecular weight excluding hydrogens is 418 g/mol. The van der Waals surface area contributed by atoms with E-state index >= 15 is 0 Å². The zero-order chi connectivity index (χ0) is 18.7. The van der Waals surface area contributed by atoms with Crippen molar-refractivity contribution in [3.8, 4) is 0 Å². The molecule has 0 aromatic heterocycles. The topological polar surface area (TPSA) is 60.9 Å². The van der Waals surface area contributed by atoms with E-state index in [1.165, 1.54) is 4.31 Å². The SMILES string of the molecule is CC1CCN(C(=O)CN2CCN(S(=O)(=O)c3cccc(Br)c3)CC2)CC1. The lowest BCUT2D eigenvalue weighted by Crippen LogP contribution is -2.52. The number of carbonyl (C=O) groups excluding carboxylic acids is 1. The molecule has 0 saturated carbocycles. The number of amides is 1. The number of piperidine rings is 1. The van der Waals surface area contributed by atoms with E-state index in [1.54, 1.807) is 18.2 Å². The molecule has 1 amide bonds. The van der Waals surface area contributed by atoms with Crippen LogP contribution in [0.1, 0.15) is 19.8 Å². The van der Waals surface area contributed by atoms with Crippen LogP contribution in [0.5, 0.6) is 0 Å². The molecule has 144 valence electrons. The van der Waals surface area contributed by atoms with Gasteiger partial charge in [0.2, 0.25) is 15.9 Å². The van der Waals surface area contributed by atoms with Gasteiger partial charge in [-0.3, -0.25) is 9.69 Å². The molecule has 6 nitrogen and oxygen atoms in total. The maximum atomic E-state index is 12.8. The number of benzene rings is 1. The number of rotatable bonds is 4. The number of nitrogens with zero attached hydrogens (tertiary/aromatic N) is 3. The third kappa shape index (κ3) is 4.65. The number of likely N-dealkylation sites (tertiary alicyclic amines) is 1. The molecular formula is C18H26BrN3O3S. The summed E-state index contributed by atoms with van der Waals surface area (Å²) >= 11 is 3.32. The standard InChI is InChI=1S/C18H26BrN3O3S/c1-15-5-7-21(8-6-15)18(23)14-20-9-11-22(12-10-20)26(24,25)17-4-2-3-16(19)13-17/h2-4,13,15H,5-12,14H2,1H3. The summed E-state index contributed by atoms with van der Waals surface area (Å²) in [6, 6.07) is 6.78. The molecule has 0 radical (unpaired) electrons. The fourth-order valence-electron chi connectivity index (χ4n) is 3.45. The summed E-state index contributed by atoms with van der Waals surface area (Å²) in [7, 11) is -3.48. The Morgan fingerprint density at radius 3 is 2.38 bits per heavy atom. The predicted octanol–water partition coefficient (Wildman–Crippen LogP) is 2.01. The molecule has 2 aliphatic heterocycles. The summed E-state index contributed by atoms with van der Waals surface area (Å²) in [4.78, 5) is 16.8. The van der Waals surface area contributed by atoms with Gasteiger partial charge >= 0.3 is 0 Å². The van der Waals surface area contributed by atoms with E-state index < -0.39 is 10.0 Å². The van der Waals surface area contributed by atoms with E-state index in [4.69, 9.17) is 0 Å². The largest absolute Gasteiger partial charge is 0.342 e. The maximum absolute atomic E-state index is 12.8. The minimum atomic E-state index is -3.48. The van der Waals surface area contributed by atoms with E-state index in [9.17, 15) is 13.2 Å². The molecule has 0 N–H and O–H groups in total. The average molecular weight is 444 g/mol. The van der Waals surface area contributed by atoms with Crippen LogP contribution in [-0.2, 0) is 14.8 Å². The molecule has 0 aliphatic carbocycles. The van der Waals surface area contributed by atoms with Crippen molar-refractivity contribution in [2.45, 2.75) is 24.7 Å². The highest BCUT2D eigenvalue weighted by atomic mass is 79.9. The Bertz CT molecular complexity index is 740. The Hall–Kier alpha value is -0.960. The molecule has 8 heteroatoms. The zero-order valence-corrected chi connectivity index (χ0v) is 17.5. The lowest BCUT2D eigenvalue weighted by molar-refractivity contribution is -0.134. The van der Waals surface area contributed by atoms with Crippen LogP contribution >= 0.6 is 15.9 Å². The molecule has 0 unspecified atom stereocenters. The summed E-state index contributed by atoms with van der Waals surface area (Å²) in [6.07, 6.45) is 2.15. The van der Waals surface area contributed by atoms with Crippen molar-refractivity contribution in [3.05, 3.63) is 28.7 Å². The second-order valence-corrected chi connectivity index (χ2v) is 10.1. The van der Waals surface area contributed by atoms with Crippen LogP contribution < -0.4 is 0 Å². The van der Waals surface area contributed by atoms with Crippen molar-refractivity contribution < 1.29 is 13.2 Å². The highest BCUT2D eigenvalue weighted by Gasteiger charge is 2.30. The molecule has 26 heavy (non-hydrogen) atoms. The highest BCUT2D eigenvalue weighted by Crippen LogP contribution is 2.21. The molecule has 2 aliphatic rings. The van der Waals surface area contributed by atoms with Crippen molar-refractivity contribution in [1.82, 2.24) is 14.1 Å². The Balaban J connectivity index is 1.53. The zero-order valence-electron chi connectivity index (χ0n) is 15.1. The summed E-state index contributed by atoms with van der Waals surface area (Å²) < 4.78 is 27.8. The van der Waals surface area contributed by atoms with Crippen LogP contribution in [0.4, 0.5) is 0 Å². The summed E-state index contributed by atoms with van der Waals surface area (Å²) in [5, 5.41) is 0. The number of sulfonamides is 1. The van der Waals surface area contributed by atoms with E-state index in [0.717, 1.165) is 30.4 Å². The third-order valence-corrected chi connectivity index (χ3v) is 7.65. The molecule has 0 bridgehead atoms. The molecule has 0 atom stereocenters. The van der Waals surface area contributed by atoms with E-state index in [-0.39, 0.29) is 5.91 Å². The van der Waals surface area contributed by atoms with Gasteiger partial charge in [0.1, 0.15) is 0 Å². The number of carbonyl (C=O) groups is 1. The van der Waals surface area contributed by atoms with Crippen LogP contribution in [0, 0.1) is 5.92 Å². The second-order valence-electron chi connectivity index (χ2n) is 7.20. The van der Waals surface area contributed by atoms with Gasteiger partial charge < -0.3 is 4.90 Å². The molecule has 2 saturated heterocycles. The average Bonchev–Trinajstić information content (AvgIpc) is 2.62. The second kappa shape index (κ2) is 8.37. The van der Waals surface area contributed by atoms with Crippen LogP contribution in [0.15, 0.2) is 33.6 Å². The lowest BCUT2D eigenvalue weighted by Gasteiger charge is -2.36. The summed E-state index contributed by atoms with van der Waals surface area (Å²) in [5.74, 6) is 0.867. The Labute approximate surface area is 164 Å². The quantitative estimate of drug-likeness (QED) is 0.713. The molecule has 3 rings (SSSR count). The summed E-state index contributed by atoms with van der Waals surface area (Å²) in [5.41, 5.74) is 0. The molecule has 0 spiro atoms. The highest BCUT2D eigenvalue weighted by molar-refractivity contribution is 9.10. The monoisotopic (exact) mass is 443 g/mol. The molecule has 1 aromatic rings. The van der Waals surface area contributed by atoms with E-state index in [2.05, 4.69) is 27.8 Å². The first kappa shape index (κ1) is 19.8. The van der Waals surface area contributed by atoms with Gasteiger partial charge in [-0.05, 0) is 37.0 Å². The van der Waals surface area contributed by atoms with E-state index in [0.29, 0.717) is 43.5 Å². The van der Waals surface area contributed by atoms with Gasteiger partial charge in [-0.1, -0.05) is 28.9 Å². The maximum Gasteiger partial charge on any atom is 0.243 e. The third-order valence-electron chi connectivity index (χ3n) is 5.26. The van der Waals surface area contributed by atoms with Crippen molar-refractivity contribution in [2.75, 3.05) is 45.8 Å². The van der Waals surface area contributed by atoms with Gasteiger partial charge in [0.25, 0.3) is 0 Å². The van der Waals surface area contributed by atoms with Crippen LogP contribution in [0.25, 0.3) is 0 Å². The summed E-state index contributed by atoms with van der Waals surface area (Å²) in [6.45, 7) is 6.31. The van der Waals surface area contributed by atoms with Crippen molar-refractivity contribution >= 4 is 31.9 Å². The Morgan fingerprint density at radius 2 is 1.77 bits per heavy atom. The minimum absolute atomic E-state index is 0.167.